The molecule has 2 aromatic rings. The second-order valence-corrected chi connectivity index (χ2v) is 7.11. The molecule has 0 fully saturated rings. The fourth-order valence-corrected chi connectivity index (χ4v) is 3.99. The molecule has 2 atom stereocenters. The monoisotopic (exact) mass is 338 g/mol. The first-order chi connectivity index (χ1) is 9.13. The third-order valence-electron chi connectivity index (χ3n) is 3.34. The molecule has 2 nitrogen and oxygen atoms in total. The van der Waals surface area contributed by atoms with Crippen LogP contribution >= 0.6 is 27.3 Å². The summed E-state index contributed by atoms with van der Waals surface area (Å²) in [7, 11) is 0. The SMILES string of the molecule is CCNC(c1cc(C)c(Br)s1)C(C)c1ccncc1. The predicted molar refractivity (Wildman–Crippen MR) is 85.8 cm³/mol. The third-order valence-corrected chi connectivity index (χ3v) is 5.56. The van der Waals surface area contributed by atoms with E-state index in [-0.39, 0.29) is 0 Å². The highest BCUT2D eigenvalue weighted by Gasteiger charge is 2.22. The molecule has 0 bridgehead atoms. The second-order valence-electron chi connectivity index (χ2n) is 4.71. The first-order valence-corrected chi connectivity index (χ1v) is 8.13. The van der Waals surface area contributed by atoms with Gasteiger partial charge in [0.15, 0.2) is 0 Å². The van der Waals surface area contributed by atoms with Crippen LogP contribution in [0.15, 0.2) is 34.4 Å². The third kappa shape index (κ3) is 3.44. The van der Waals surface area contributed by atoms with Gasteiger partial charge in [0.25, 0.3) is 0 Å². The fraction of sp³-hybridized carbons (Fsp3) is 0.400. The van der Waals surface area contributed by atoms with Gasteiger partial charge in [0.2, 0.25) is 0 Å². The van der Waals surface area contributed by atoms with Gasteiger partial charge >= 0.3 is 0 Å². The topological polar surface area (TPSA) is 24.9 Å². The number of hydrogen-bond donors (Lipinski definition) is 1. The maximum atomic E-state index is 4.10. The Kier molecular flexibility index (Phi) is 5.13. The summed E-state index contributed by atoms with van der Waals surface area (Å²) in [4.78, 5) is 5.48. The van der Waals surface area contributed by atoms with Crippen LogP contribution in [0.1, 0.15) is 41.8 Å². The van der Waals surface area contributed by atoms with Gasteiger partial charge in [0, 0.05) is 29.2 Å². The van der Waals surface area contributed by atoms with Gasteiger partial charge in [-0.3, -0.25) is 4.98 Å². The zero-order valence-corrected chi connectivity index (χ0v) is 13.9. The summed E-state index contributed by atoms with van der Waals surface area (Å²) in [6, 6.07) is 6.83. The van der Waals surface area contributed by atoms with E-state index in [9.17, 15) is 0 Å². The summed E-state index contributed by atoms with van der Waals surface area (Å²) < 4.78 is 1.23. The Balaban J connectivity index is 2.29. The summed E-state index contributed by atoms with van der Waals surface area (Å²) >= 11 is 5.45. The van der Waals surface area contributed by atoms with Gasteiger partial charge in [-0.15, -0.1) is 11.3 Å². The van der Waals surface area contributed by atoms with Crippen molar-refractivity contribution < 1.29 is 0 Å². The Bertz CT molecular complexity index is 505. The first kappa shape index (κ1) is 14.7. The van der Waals surface area contributed by atoms with Gasteiger partial charge in [-0.25, -0.2) is 0 Å². The van der Waals surface area contributed by atoms with E-state index in [1.165, 1.54) is 19.8 Å². The molecule has 0 radical (unpaired) electrons. The van der Waals surface area contributed by atoms with Crippen molar-refractivity contribution in [3.05, 3.63) is 50.4 Å². The minimum Gasteiger partial charge on any atom is -0.309 e. The number of halogens is 1. The summed E-state index contributed by atoms with van der Waals surface area (Å²) in [6.45, 7) is 7.53. The summed E-state index contributed by atoms with van der Waals surface area (Å²) in [5.41, 5.74) is 2.63. The molecule has 2 rings (SSSR count). The van der Waals surface area contributed by atoms with E-state index in [0.29, 0.717) is 12.0 Å². The molecular formula is C15H19BrN2S. The Morgan fingerprint density at radius 3 is 2.58 bits per heavy atom. The maximum Gasteiger partial charge on any atom is 0.0731 e. The van der Waals surface area contributed by atoms with Gasteiger partial charge in [-0.05, 0) is 58.7 Å². The van der Waals surface area contributed by atoms with Crippen molar-refractivity contribution >= 4 is 27.3 Å². The minimum absolute atomic E-state index is 0.349. The molecule has 2 heterocycles. The number of rotatable bonds is 5. The van der Waals surface area contributed by atoms with Crippen LogP contribution in [0.5, 0.6) is 0 Å². The van der Waals surface area contributed by atoms with Crippen LogP contribution in [-0.2, 0) is 0 Å². The van der Waals surface area contributed by atoms with E-state index in [1.807, 2.05) is 23.7 Å². The van der Waals surface area contributed by atoms with Crippen LogP contribution in [0.25, 0.3) is 0 Å². The molecule has 2 aromatic heterocycles. The molecule has 0 spiro atoms. The van der Waals surface area contributed by atoms with E-state index < -0.39 is 0 Å². The van der Waals surface area contributed by atoms with Crippen LogP contribution in [0.2, 0.25) is 0 Å². The highest BCUT2D eigenvalue weighted by molar-refractivity contribution is 9.11. The number of likely N-dealkylation sites (N-methyl/N-ethyl adjacent to an activating group) is 1. The molecule has 0 aliphatic heterocycles. The van der Waals surface area contributed by atoms with Crippen LogP contribution in [0.4, 0.5) is 0 Å². The van der Waals surface area contributed by atoms with Gasteiger partial charge in [-0.2, -0.15) is 0 Å². The number of thiophene rings is 1. The van der Waals surface area contributed by atoms with Crippen molar-refractivity contribution in [2.24, 2.45) is 0 Å². The van der Waals surface area contributed by atoms with Gasteiger partial charge < -0.3 is 5.32 Å². The molecule has 2 unspecified atom stereocenters. The van der Waals surface area contributed by atoms with Crippen LogP contribution in [0.3, 0.4) is 0 Å². The zero-order valence-electron chi connectivity index (χ0n) is 11.5. The Morgan fingerprint density at radius 2 is 2.05 bits per heavy atom. The van der Waals surface area contributed by atoms with Crippen LogP contribution < -0.4 is 5.32 Å². The molecule has 1 N–H and O–H groups in total. The molecule has 0 saturated carbocycles. The van der Waals surface area contributed by atoms with Gasteiger partial charge in [0.05, 0.1) is 3.79 Å². The lowest BCUT2D eigenvalue weighted by Crippen LogP contribution is -2.25. The van der Waals surface area contributed by atoms with E-state index in [4.69, 9.17) is 0 Å². The Hall–Kier alpha value is -0.710. The summed E-state index contributed by atoms with van der Waals surface area (Å²) in [5, 5.41) is 3.61. The van der Waals surface area contributed by atoms with Crippen molar-refractivity contribution in [2.75, 3.05) is 6.54 Å². The van der Waals surface area contributed by atoms with Gasteiger partial charge in [-0.1, -0.05) is 13.8 Å². The Morgan fingerprint density at radius 1 is 1.37 bits per heavy atom. The fourth-order valence-electron chi connectivity index (χ4n) is 2.24. The molecule has 19 heavy (non-hydrogen) atoms. The van der Waals surface area contributed by atoms with Crippen molar-refractivity contribution in [1.82, 2.24) is 10.3 Å². The largest absolute Gasteiger partial charge is 0.309 e. The summed E-state index contributed by atoms with van der Waals surface area (Å²) in [6.07, 6.45) is 3.73. The van der Waals surface area contributed by atoms with E-state index in [2.05, 4.69) is 65.2 Å². The minimum atomic E-state index is 0.349. The highest BCUT2D eigenvalue weighted by atomic mass is 79.9. The zero-order chi connectivity index (χ0) is 13.8. The van der Waals surface area contributed by atoms with Crippen molar-refractivity contribution in [2.45, 2.75) is 32.7 Å². The molecule has 102 valence electrons. The number of hydrogen-bond acceptors (Lipinski definition) is 3. The van der Waals surface area contributed by atoms with E-state index in [0.717, 1.165) is 6.54 Å². The predicted octanol–water partition coefficient (Wildman–Crippen LogP) is 4.67. The summed E-state index contributed by atoms with van der Waals surface area (Å²) in [5.74, 6) is 0.424. The highest BCUT2D eigenvalue weighted by Crippen LogP contribution is 2.37. The lowest BCUT2D eigenvalue weighted by molar-refractivity contribution is 0.486. The molecule has 0 aliphatic carbocycles. The normalized spacial score (nSPS) is 14.3. The standard InChI is InChI=1S/C15H19BrN2S/c1-4-18-14(13-9-10(2)15(16)19-13)11(3)12-5-7-17-8-6-12/h5-9,11,14,18H,4H2,1-3H3. The second kappa shape index (κ2) is 6.64. The maximum absolute atomic E-state index is 4.10. The average molecular weight is 339 g/mol. The lowest BCUT2D eigenvalue weighted by Gasteiger charge is -2.24. The lowest BCUT2D eigenvalue weighted by atomic mass is 9.93. The van der Waals surface area contributed by atoms with E-state index >= 15 is 0 Å². The number of aromatic nitrogens is 1. The first-order valence-electron chi connectivity index (χ1n) is 6.52. The molecule has 0 amide bonds. The van der Waals surface area contributed by atoms with E-state index in [1.54, 1.807) is 0 Å². The molecule has 0 aliphatic rings. The molecule has 4 heteroatoms. The van der Waals surface area contributed by atoms with Crippen LogP contribution in [0, 0.1) is 6.92 Å². The Labute approximate surface area is 127 Å². The van der Waals surface area contributed by atoms with Gasteiger partial charge in [0.1, 0.15) is 0 Å². The molecule has 0 aromatic carbocycles. The van der Waals surface area contributed by atoms with Crippen molar-refractivity contribution in [1.29, 1.82) is 0 Å². The molecule has 0 saturated heterocycles. The number of pyridine rings is 1. The number of aryl methyl sites for hydroxylation is 1. The number of nitrogens with one attached hydrogen (secondary N) is 1. The quantitative estimate of drug-likeness (QED) is 0.856. The van der Waals surface area contributed by atoms with Crippen molar-refractivity contribution in [3.63, 3.8) is 0 Å². The number of nitrogens with zero attached hydrogens (tertiary/aromatic N) is 1. The average Bonchev–Trinajstić information content (AvgIpc) is 2.76. The smallest absolute Gasteiger partial charge is 0.0731 e. The van der Waals surface area contributed by atoms with Crippen molar-refractivity contribution in [3.8, 4) is 0 Å². The molecular weight excluding hydrogens is 320 g/mol. The van der Waals surface area contributed by atoms with Crippen LogP contribution in [-0.4, -0.2) is 11.5 Å².